The highest BCUT2D eigenvalue weighted by molar-refractivity contribution is 7.99. The summed E-state index contributed by atoms with van der Waals surface area (Å²) in [5.41, 5.74) is 2.86. The van der Waals surface area contributed by atoms with Crippen molar-refractivity contribution in [1.29, 1.82) is 0 Å². The highest BCUT2D eigenvalue weighted by Crippen LogP contribution is 2.34. The van der Waals surface area contributed by atoms with Gasteiger partial charge in [0.05, 0.1) is 10.2 Å². The Morgan fingerprint density at radius 2 is 2.07 bits per heavy atom. The van der Waals surface area contributed by atoms with Gasteiger partial charge in [0.15, 0.2) is 0 Å². The number of fused-ring (bicyclic) bond motifs is 1. The van der Waals surface area contributed by atoms with Crippen molar-refractivity contribution in [3.05, 3.63) is 42.0 Å². The second kappa shape index (κ2) is 3.72. The van der Waals surface area contributed by atoms with E-state index in [9.17, 15) is 0 Å². The van der Waals surface area contributed by atoms with E-state index in [1.807, 2.05) is 17.8 Å². The predicted octanol–water partition coefficient (Wildman–Crippen LogP) is 3.78. The third-order valence-electron chi connectivity index (χ3n) is 2.10. The summed E-state index contributed by atoms with van der Waals surface area (Å²) < 4.78 is 1.24. The molecule has 0 aliphatic heterocycles. The minimum absolute atomic E-state index is 0.985. The van der Waals surface area contributed by atoms with E-state index in [4.69, 9.17) is 0 Å². The fraction of sp³-hybridized carbons (Fsp3) is 0. The van der Waals surface area contributed by atoms with Gasteiger partial charge in [0.25, 0.3) is 0 Å². The fourth-order valence-electron chi connectivity index (χ4n) is 1.41. The molecule has 0 amide bonds. The van der Waals surface area contributed by atoms with Gasteiger partial charge in [0.1, 0.15) is 5.65 Å². The van der Waals surface area contributed by atoms with Crippen LogP contribution >= 0.6 is 23.1 Å². The van der Waals surface area contributed by atoms with E-state index < -0.39 is 0 Å². The Morgan fingerprint density at radius 1 is 1.20 bits per heavy atom. The molecule has 0 atom stereocenters. The molecule has 0 fully saturated rings. The highest BCUT2D eigenvalue weighted by Gasteiger charge is 2.06. The molecule has 4 heteroatoms. The van der Waals surface area contributed by atoms with E-state index in [1.165, 1.54) is 14.5 Å². The number of hydrogen-bond donors (Lipinski definition) is 1. The van der Waals surface area contributed by atoms with E-state index in [0.717, 1.165) is 5.65 Å². The molecule has 2 aromatic heterocycles. The summed E-state index contributed by atoms with van der Waals surface area (Å²) in [4.78, 5) is 9.90. The van der Waals surface area contributed by atoms with E-state index in [1.54, 1.807) is 23.1 Å². The first-order valence-corrected chi connectivity index (χ1v) is 6.26. The zero-order valence-corrected chi connectivity index (χ0v) is 9.44. The van der Waals surface area contributed by atoms with Gasteiger partial charge in [-0.2, -0.15) is 0 Å². The third kappa shape index (κ3) is 1.66. The van der Waals surface area contributed by atoms with Crippen molar-refractivity contribution in [2.75, 3.05) is 0 Å². The topological polar surface area (TPSA) is 28.7 Å². The molecule has 0 unspecified atom stereocenters. The van der Waals surface area contributed by atoms with Crippen LogP contribution in [0.2, 0.25) is 0 Å². The largest absolute Gasteiger partial charge is 0.344 e. The molecule has 3 aromatic rings. The molecule has 74 valence electrons. The number of rotatable bonds is 2. The number of aromatic nitrogens is 2. The zero-order chi connectivity index (χ0) is 10.1. The van der Waals surface area contributed by atoms with Gasteiger partial charge in [0, 0.05) is 16.0 Å². The summed E-state index contributed by atoms with van der Waals surface area (Å²) in [6, 6.07) is 10.4. The van der Waals surface area contributed by atoms with Crippen LogP contribution in [0.5, 0.6) is 0 Å². The third-order valence-corrected chi connectivity index (χ3v) is 4.14. The van der Waals surface area contributed by atoms with Crippen molar-refractivity contribution >= 4 is 33.4 Å². The number of nitrogens with one attached hydrogen (secondary N) is 1. The fourth-order valence-corrected chi connectivity index (χ4v) is 3.20. The Morgan fingerprint density at radius 3 is 2.93 bits per heavy atom. The first kappa shape index (κ1) is 9.00. The lowest BCUT2D eigenvalue weighted by Gasteiger charge is -1.96. The van der Waals surface area contributed by atoms with Crippen LogP contribution in [0, 0.1) is 0 Å². The van der Waals surface area contributed by atoms with E-state index >= 15 is 0 Å². The monoisotopic (exact) mass is 232 g/mol. The minimum atomic E-state index is 0.985. The lowest BCUT2D eigenvalue weighted by Crippen LogP contribution is -1.68. The van der Waals surface area contributed by atoms with Crippen molar-refractivity contribution < 1.29 is 0 Å². The molecule has 0 saturated carbocycles. The minimum Gasteiger partial charge on any atom is -0.344 e. The van der Waals surface area contributed by atoms with Crippen LogP contribution in [0.4, 0.5) is 0 Å². The molecule has 3 rings (SSSR count). The van der Waals surface area contributed by atoms with Gasteiger partial charge in [-0.1, -0.05) is 30.0 Å². The van der Waals surface area contributed by atoms with Crippen LogP contribution in [0.15, 0.2) is 51.8 Å². The molecule has 0 bridgehead atoms. The summed E-state index contributed by atoms with van der Waals surface area (Å²) >= 11 is 3.44. The van der Waals surface area contributed by atoms with Gasteiger partial charge in [-0.15, -0.1) is 11.3 Å². The summed E-state index contributed by atoms with van der Waals surface area (Å²) in [7, 11) is 0. The van der Waals surface area contributed by atoms with Gasteiger partial charge >= 0.3 is 0 Å². The summed E-state index contributed by atoms with van der Waals surface area (Å²) in [5, 5.41) is 0. The number of aromatic amines is 1. The first-order chi connectivity index (χ1) is 7.43. The van der Waals surface area contributed by atoms with Crippen LogP contribution < -0.4 is 0 Å². The SMILES string of the molecule is c1ccc(Sc2c[nH]c3ncsc23)cc1. The van der Waals surface area contributed by atoms with Gasteiger partial charge in [-0.05, 0) is 12.1 Å². The molecule has 0 radical (unpaired) electrons. The number of H-pyrrole nitrogens is 1. The smallest absolute Gasteiger partial charge is 0.149 e. The standard InChI is InChI=1S/C11H8N2S2/c1-2-4-8(5-3-1)15-9-6-12-11-10(9)14-7-13-11/h1-7,12H. The molecular formula is C11H8N2S2. The van der Waals surface area contributed by atoms with Crippen LogP contribution in [0.3, 0.4) is 0 Å². The molecule has 0 spiro atoms. The maximum atomic E-state index is 4.23. The predicted molar refractivity (Wildman–Crippen MR) is 64.5 cm³/mol. The van der Waals surface area contributed by atoms with Crippen LogP contribution in [0.25, 0.3) is 10.3 Å². The van der Waals surface area contributed by atoms with E-state index in [-0.39, 0.29) is 0 Å². The molecular weight excluding hydrogens is 224 g/mol. The van der Waals surface area contributed by atoms with Crippen molar-refractivity contribution in [3.63, 3.8) is 0 Å². The molecule has 1 aromatic carbocycles. The lowest BCUT2D eigenvalue weighted by atomic mass is 10.4. The maximum absolute atomic E-state index is 4.23. The second-order valence-corrected chi connectivity index (χ2v) is 5.07. The van der Waals surface area contributed by atoms with Gasteiger partial charge < -0.3 is 4.98 Å². The normalized spacial score (nSPS) is 10.9. The number of hydrogen-bond acceptors (Lipinski definition) is 3. The van der Waals surface area contributed by atoms with E-state index in [0.29, 0.717) is 0 Å². The van der Waals surface area contributed by atoms with Crippen LogP contribution in [-0.2, 0) is 0 Å². The summed E-state index contributed by atoms with van der Waals surface area (Å²) in [6.07, 6.45) is 2.02. The van der Waals surface area contributed by atoms with Gasteiger partial charge in [-0.25, -0.2) is 4.98 Å². The quantitative estimate of drug-likeness (QED) is 0.728. The molecule has 2 nitrogen and oxygen atoms in total. The zero-order valence-electron chi connectivity index (χ0n) is 7.81. The Hall–Kier alpha value is -1.26. The van der Waals surface area contributed by atoms with Gasteiger partial charge in [0.2, 0.25) is 0 Å². The van der Waals surface area contributed by atoms with E-state index in [2.05, 4.69) is 34.2 Å². The lowest BCUT2D eigenvalue weighted by molar-refractivity contribution is 1.34. The summed E-state index contributed by atoms with van der Waals surface area (Å²) in [6.45, 7) is 0. The van der Waals surface area contributed by atoms with Gasteiger partial charge in [-0.3, -0.25) is 0 Å². The Bertz CT molecular complexity index is 568. The van der Waals surface area contributed by atoms with Crippen molar-refractivity contribution in [1.82, 2.24) is 9.97 Å². The average molecular weight is 232 g/mol. The number of benzene rings is 1. The second-order valence-electron chi connectivity index (χ2n) is 3.10. The first-order valence-electron chi connectivity index (χ1n) is 4.57. The van der Waals surface area contributed by atoms with Crippen molar-refractivity contribution in [3.8, 4) is 0 Å². The molecule has 2 heterocycles. The maximum Gasteiger partial charge on any atom is 0.149 e. The van der Waals surface area contributed by atoms with Crippen LogP contribution in [-0.4, -0.2) is 9.97 Å². The molecule has 0 saturated heterocycles. The molecule has 0 aliphatic carbocycles. The Labute approximate surface area is 95.4 Å². The van der Waals surface area contributed by atoms with Crippen molar-refractivity contribution in [2.24, 2.45) is 0 Å². The van der Waals surface area contributed by atoms with Crippen molar-refractivity contribution in [2.45, 2.75) is 9.79 Å². The highest BCUT2D eigenvalue weighted by atomic mass is 32.2. The number of thiazole rings is 1. The molecule has 1 N–H and O–H groups in total. The summed E-state index contributed by atoms with van der Waals surface area (Å²) in [5.74, 6) is 0. The number of nitrogens with zero attached hydrogens (tertiary/aromatic N) is 1. The Kier molecular flexibility index (Phi) is 2.23. The average Bonchev–Trinajstić information content (AvgIpc) is 2.85. The molecule has 15 heavy (non-hydrogen) atoms. The Balaban J connectivity index is 1.99. The van der Waals surface area contributed by atoms with Crippen LogP contribution in [0.1, 0.15) is 0 Å². The molecule has 0 aliphatic rings.